The van der Waals surface area contributed by atoms with Crippen LogP contribution in [0.2, 0.25) is 0 Å². The molecular formula is C12H22N2O. The van der Waals surface area contributed by atoms with Crippen molar-refractivity contribution in [1.29, 1.82) is 0 Å². The molecule has 0 heterocycles. The van der Waals surface area contributed by atoms with Gasteiger partial charge in [0.05, 0.1) is 6.54 Å². The largest absolute Gasteiger partial charge is 0.352 e. The van der Waals surface area contributed by atoms with Gasteiger partial charge in [-0.05, 0) is 37.5 Å². The monoisotopic (exact) mass is 210 g/mol. The Kier molecular flexibility index (Phi) is 3.01. The van der Waals surface area contributed by atoms with Gasteiger partial charge in [0.2, 0.25) is 5.91 Å². The first-order valence-corrected chi connectivity index (χ1v) is 6.08. The van der Waals surface area contributed by atoms with E-state index in [0.29, 0.717) is 24.0 Å². The maximum atomic E-state index is 11.6. The van der Waals surface area contributed by atoms with Gasteiger partial charge in [0.25, 0.3) is 0 Å². The van der Waals surface area contributed by atoms with Crippen molar-refractivity contribution in [3.05, 3.63) is 0 Å². The molecule has 0 aromatic carbocycles. The molecule has 3 heteroatoms. The molecule has 1 unspecified atom stereocenters. The molecule has 2 saturated carbocycles. The van der Waals surface area contributed by atoms with E-state index in [0.717, 1.165) is 12.8 Å². The van der Waals surface area contributed by atoms with Gasteiger partial charge in [-0.1, -0.05) is 13.8 Å². The minimum Gasteiger partial charge on any atom is -0.352 e. The number of nitrogens with one attached hydrogen (secondary N) is 2. The highest BCUT2D eigenvalue weighted by Gasteiger charge is 2.31. The number of hydrogen-bond donors (Lipinski definition) is 2. The normalized spacial score (nSPS) is 29.1. The van der Waals surface area contributed by atoms with Crippen molar-refractivity contribution in [1.82, 2.24) is 10.6 Å². The van der Waals surface area contributed by atoms with Crippen molar-refractivity contribution in [3.63, 3.8) is 0 Å². The van der Waals surface area contributed by atoms with Gasteiger partial charge in [-0.2, -0.15) is 0 Å². The second-order valence-corrected chi connectivity index (χ2v) is 5.83. The van der Waals surface area contributed by atoms with Gasteiger partial charge in [-0.25, -0.2) is 0 Å². The third kappa shape index (κ3) is 3.49. The summed E-state index contributed by atoms with van der Waals surface area (Å²) in [5, 5.41) is 6.36. The number of carbonyl (C=O) groups is 1. The summed E-state index contributed by atoms with van der Waals surface area (Å²) in [5.41, 5.74) is 0.419. The topological polar surface area (TPSA) is 41.1 Å². The van der Waals surface area contributed by atoms with Gasteiger partial charge in [0.15, 0.2) is 0 Å². The van der Waals surface area contributed by atoms with Crippen LogP contribution in [0.5, 0.6) is 0 Å². The van der Waals surface area contributed by atoms with Crippen LogP contribution in [0.15, 0.2) is 0 Å². The van der Waals surface area contributed by atoms with E-state index in [4.69, 9.17) is 0 Å². The van der Waals surface area contributed by atoms with Crippen LogP contribution in [-0.4, -0.2) is 24.5 Å². The molecule has 0 radical (unpaired) electrons. The molecule has 0 aromatic rings. The van der Waals surface area contributed by atoms with Crippen molar-refractivity contribution in [2.24, 2.45) is 5.41 Å². The van der Waals surface area contributed by atoms with E-state index in [1.807, 2.05) is 0 Å². The zero-order chi connectivity index (χ0) is 10.9. The summed E-state index contributed by atoms with van der Waals surface area (Å²) in [5.74, 6) is 0.171. The Morgan fingerprint density at radius 1 is 1.27 bits per heavy atom. The molecule has 2 rings (SSSR count). The lowest BCUT2D eigenvalue weighted by Crippen LogP contribution is -2.40. The maximum absolute atomic E-state index is 11.6. The minimum absolute atomic E-state index is 0.171. The zero-order valence-corrected chi connectivity index (χ0v) is 9.81. The summed E-state index contributed by atoms with van der Waals surface area (Å²) in [6.07, 6.45) is 5.98. The van der Waals surface area contributed by atoms with Crippen LogP contribution in [-0.2, 0) is 4.79 Å². The Balaban J connectivity index is 1.65. The van der Waals surface area contributed by atoms with E-state index in [1.165, 1.54) is 19.3 Å². The molecule has 86 valence electrons. The number of rotatable bonds is 4. The van der Waals surface area contributed by atoms with Crippen LogP contribution in [0.3, 0.4) is 0 Å². The molecule has 1 amide bonds. The van der Waals surface area contributed by atoms with Gasteiger partial charge in [-0.3, -0.25) is 4.79 Å². The summed E-state index contributed by atoms with van der Waals surface area (Å²) in [7, 11) is 0. The molecule has 2 aliphatic rings. The predicted octanol–water partition coefficient (Wildman–Crippen LogP) is 1.43. The lowest BCUT2D eigenvalue weighted by Gasteiger charge is -2.17. The van der Waals surface area contributed by atoms with E-state index in [1.54, 1.807) is 0 Å². The van der Waals surface area contributed by atoms with Crippen molar-refractivity contribution in [2.75, 3.05) is 6.54 Å². The third-order valence-corrected chi connectivity index (χ3v) is 3.46. The SMILES string of the molecule is CC1(C)CCC(NC(=O)CNC2CC2)C1. The standard InChI is InChI=1S/C12H22N2O/c1-12(2)6-5-10(7-12)14-11(15)8-13-9-3-4-9/h9-10,13H,3-8H2,1-2H3,(H,14,15). The summed E-state index contributed by atoms with van der Waals surface area (Å²) in [6, 6.07) is 1.03. The predicted molar refractivity (Wildman–Crippen MR) is 60.6 cm³/mol. The molecule has 0 spiro atoms. The first-order valence-electron chi connectivity index (χ1n) is 6.08. The highest BCUT2D eigenvalue weighted by molar-refractivity contribution is 5.78. The summed E-state index contributed by atoms with van der Waals surface area (Å²) < 4.78 is 0. The average Bonchev–Trinajstić information content (AvgIpc) is 2.89. The molecule has 2 N–H and O–H groups in total. The van der Waals surface area contributed by atoms with Crippen LogP contribution >= 0.6 is 0 Å². The maximum Gasteiger partial charge on any atom is 0.234 e. The van der Waals surface area contributed by atoms with E-state index >= 15 is 0 Å². The zero-order valence-electron chi connectivity index (χ0n) is 9.81. The van der Waals surface area contributed by atoms with Gasteiger partial charge in [0, 0.05) is 12.1 Å². The fourth-order valence-corrected chi connectivity index (χ4v) is 2.36. The van der Waals surface area contributed by atoms with Crippen LogP contribution in [0, 0.1) is 5.41 Å². The van der Waals surface area contributed by atoms with Gasteiger partial charge >= 0.3 is 0 Å². The van der Waals surface area contributed by atoms with Crippen molar-refractivity contribution < 1.29 is 4.79 Å². The summed E-state index contributed by atoms with van der Waals surface area (Å²) >= 11 is 0. The highest BCUT2D eigenvalue weighted by Crippen LogP contribution is 2.36. The molecule has 2 aliphatic carbocycles. The van der Waals surface area contributed by atoms with Gasteiger partial charge in [-0.15, -0.1) is 0 Å². The van der Waals surface area contributed by atoms with E-state index in [-0.39, 0.29) is 5.91 Å². The fourth-order valence-electron chi connectivity index (χ4n) is 2.36. The molecule has 3 nitrogen and oxygen atoms in total. The molecule has 2 fully saturated rings. The van der Waals surface area contributed by atoms with Gasteiger partial charge in [0.1, 0.15) is 0 Å². The first-order chi connectivity index (χ1) is 7.05. The Labute approximate surface area is 92.0 Å². The minimum atomic E-state index is 0.171. The first kappa shape index (κ1) is 10.9. The van der Waals surface area contributed by atoms with Crippen LogP contribution < -0.4 is 10.6 Å². The molecule has 1 atom stereocenters. The number of amides is 1. The summed E-state index contributed by atoms with van der Waals surface area (Å²) in [4.78, 5) is 11.6. The Morgan fingerprint density at radius 2 is 2.00 bits per heavy atom. The van der Waals surface area contributed by atoms with Gasteiger partial charge < -0.3 is 10.6 Å². The van der Waals surface area contributed by atoms with E-state index in [9.17, 15) is 4.79 Å². The Hall–Kier alpha value is -0.570. The highest BCUT2D eigenvalue weighted by atomic mass is 16.2. The van der Waals surface area contributed by atoms with Crippen molar-refractivity contribution in [3.8, 4) is 0 Å². The Morgan fingerprint density at radius 3 is 2.53 bits per heavy atom. The smallest absolute Gasteiger partial charge is 0.234 e. The van der Waals surface area contributed by atoms with Crippen LogP contribution in [0.1, 0.15) is 46.0 Å². The molecule has 0 aliphatic heterocycles. The second kappa shape index (κ2) is 4.12. The fraction of sp³-hybridized carbons (Fsp3) is 0.917. The quantitative estimate of drug-likeness (QED) is 0.737. The number of hydrogen-bond acceptors (Lipinski definition) is 2. The van der Waals surface area contributed by atoms with E-state index in [2.05, 4.69) is 24.5 Å². The second-order valence-electron chi connectivity index (χ2n) is 5.83. The average molecular weight is 210 g/mol. The van der Waals surface area contributed by atoms with Crippen molar-refractivity contribution in [2.45, 2.75) is 58.0 Å². The molecule has 15 heavy (non-hydrogen) atoms. The molecule has 0 bridgehead atoms. The molecular weight excluding hydrogens is 188 g/mol. The molecule has 0 aromatic heterocycles. The lowest BCUT2D eigenvalue weighted by molar-refractivity contribution is -0.120. The third-order valence-electron chi connectivity index (χ3n) is 3.46. The van der Waals surface area contributed by atoms with E-state index < -0.39 is 0 Å². The van der Waals surface area contributed by atoms with Crippen LogP contribution in [0.4, 0.5) is 0 Å². The lowest BCUT2D eigenvalue weighted by atomic mass is 9.92. The van der Waals surface area contributed by atoms with Crippen LogP contribution in [0.25, 0.3) is 0 Å². The van der Waals surface area contributed by atoms with Crippen molar-refractivity contribution >= 4 is 5.91 Å². The number of carbonyl (C=O) groups excluding carboxylic acids is 1. The molecule has 0 saturated heterocycles. The summed E-state index contributed by atoms with van der Waals surface area (Å²) in [6.45, 7) is 5.06. The Bertz CT molecular complexity index is 246.